The first-order valence-electron chi connectivity index (χ1n) is 10.0. The van der Waals surface area contributed by atoms with Gasteiger partial charge in [-0.05, 0) is 77.2 Å². The molecule has 1 amide bonds. The molecule has 0 heterocycles. The molecule has 0 aliphatic rings. The summed E-state index contributed by atoms with van der Waals surface area (Å²) in [4.78, 5) is 24.4. The van der Waals surface area contributed by atoms with E-state index in [1.54, 1.807) is 60.7 Å². The number of rotatable bonds is 5. The first-order valence-corrected chi connectivity index (χ1v) is 10.0. The number of nitrogens with zero attached hydrogens (tertiary/aromatic N) is 2. The van der Waals surface area contributed by atoms with Gasteiger partial charge in [0.1, 0.15) is 5.75 Å². The van der Waals surface area contributed by atoms with Crippen molar-refractivity contribution < 1.29 is 14.3 Å². The monoisotopic (exact) mass is 425 g/mol. The molecule has 160 valence electrons. The van der Waals surface area contributed by atoms with Crippen molar-refractivity contribution in [2.45, 2.75) is 26.2 Å². The Morgan fingerprint density at radius 3 is 2.06 bits per heavy atom. The number of nitrogens with one attached hydrogen (secondary N) is 1. The van der Waals surface area contributed by atoms with E-state index in [2.05, 4.69) is 31.3 Å². The minimum absolute atomic E-state index is 0.0152. The minimum Gasteiger partial charge on any atom is -0.423 e. The van der Waals surface area contributed by atoms with Crippen molar-refractivity contribution in [2.24, 2.45) is 5.10 Å². The van der Waals surface area contributed by atoms with Crippen molar-refractivity contribution in [3.05, 3.63) is 101 Å². The largest absolute Gasteiger partial charge is 0.423 e. The number of esters is 1. The third-order valence-corrected chi connectivity index (χ3v) is 4.73. The van der Waals surface area contributed by atoms with Crippen molar-refractivity contribution in [3.63, 3.8) is 0 Å². The standard InChI is InChI=1S/C26H23N3O3/c1-26(2,3)22-12-10-21(11-13-22)25(31)32-23-14-6-19(7-15-23)17-28-29-24(30)20-8-4-18(16-27)5-9-20/h4-15,17H,1-3H3,(H,29,30). The zero-order chi connectivity index (χ0) is 23.1. The van der Waals surface area contributed by atoms with Crippen LogP contribution in [0.3, 0.4) is 0 Å². The second-order valence-electron chi connectivity index (χ2n) is 8.17. The number of amides is 1. The number of nitriles is 1. The topological polar surface area (TPSA) is 91.5 Å². The molecule has 0 saturated heterocycles. The van der Waals surface area contributed by atoms with E-state index in [1.807, 2.05) is 18.2 Å². The van der Waals surface area contributed by atoms with Gasteiger partial charge in [-0.15, -0.1) is 0 Å². The molecule has 32 heavy (non-hydrogen) atoms. The van der Waals surface area contributed by atoms with Crippen LogP contribution in [0.1, 0.15) is 58.2 Å². The quantitative estimate of drug-likeness (QED) is 0.274. The molecule has 0 saturated carbocycles. The highest BCUT2D eigenvalue weighted by Gasteiger charge is 2.15. The Labute approximate surface area is 187 Å². The number of benzene rings is 3. The molecule has 3 rings (SSSR count). The van der Waals surface area contributed by atoms with Crippen molar-refractivity contribution in [2.75, 3.05) is 0 Å². The Morgan fingerprint density at radius 1 is 0.906 bits per heavy atom. The van der Waals surface area contributed by atoms with E-state index in [1.165, 1.54) is 6.21 Å². The molecule has 0 unspecified atom stereocenters. The fraction of sp³-hybridized carbons (Fsp3) is 0.154. The molecule has 0 radical (unpaired) electrons. The summed E-state index contributed by atoms with van der Waals surface area (Å²) in [7, 11) is 0. The molecule has 6 heteroatoms. The molecule has 0 atom stereocenters. The molecule has 0 aliphatic heterocycles. The van der Waals surface area contributed by atoms with E-state index < -0.39 is 5.97 Å². The van der Waals surface area contributed by atoms with Gasteiger partial charge >= 0.3 is 5.97 Å². The molecule has 0 aliphatic carbocycles. The van der Waals surface area contributed by atoms with Gasteiger partial charge in [0.05, 0.1) is 23.4 Å². The third-order valence-electron chi connectivity index (χ3n) is 4.73. The van der Waals surface area contributed by atoms with Crippen LogP contribution in [-0.4, -0.2) is 18.1 Å². The van der Waals surface area contributed by atoms with E-state index >= 15 is 0 Å². The summed E-state index contributed by atoms with van der Waals surface area (Å²) in [5.74, 6) is -0.399. The molecule has 0 aromatic heterocycles. The zero-order valence-electron chi connectivity index (χ0n) is 18.1. The normalized spacial score (nSPS) is 11.1. The van der Waals surface area contributed by atoms with Crippen LogP contribution < -0.4 is 10.2 Å². The summed E-state index contributed by atoms with van der Waals surface area (Å²) in [6.45, 7) is 6.34. The Morgan fingerprint density at radius 2 is 1.50 bits per heavy atom. The van der Waals surface area contributed by atoms with Crippen molar-refractivity contribution in [1.29, 1.82) is 5.26 Å². The fourth-order valence-electron chi connectivity index (χ4n) is 2.82. The molecule has 1 N–H and O–H groups in total. The van der Waals surface area contributed by atoms with Crippen LogP contribution in [-0.2, 0) is 5.41 Å². The maximum atomic E-state index is 12.4. The summed E-state index contributed by atoms with van der Waals surface area (Å²) >= 11 is 0. The maximum absolute atomic E-state index is 12.4. The molecular formula is C26H23N3O3. The second kappa shape index (κ2) is 9.71. The van der Waals surface area contributed by atoms with E-state index in [0.717, 1.165) is 11.1 Å². The van der Waals surface area contributed by atoms with Crippen molar-refractivity contribution >= 4 is 18.1 Å². The van der Waals surface area contributed by atoms with Gasteiger partial charge in [-0.2, -0.15) is 10.4 Å². The summed E-state index contributed by atoms with van der Waals surface area (Å²) < 4.78 is 5.42. The number of hydrogen-bond donors (Lipinski definition) is 1. The van der Waals surface area contributed by atoms with Crippen LogP contribution in [0.2, 0.25) is 0 Å². The average molecular weight is 425 g/mol. The Bertz CT molecular complexity index is 1170. The Kier molecular flexibility index (Phi) is 6.81. The van der Waals surface area contributed by atoms with E-state index in [9.17, 15) is 9.59 Å². The highest BCUT2D eigenvalue weighted by molar-refractivity contribution is 5.95. The molecule has 6 nitrogen and oxygen atoms in total. The first-order chi connectivity index (χ1) is 15.3. The van der Waals surface area contributed by atoms with Gasteiger partial charge in [0.15, 0.2) is 0 Å². The van der Waals surface area contributed by atoms with Gasteiger partial charge in [-0.3, -0.25) is 4.79 Å². The van der Waals surface area contributed by atoms with Gasteiger partial charge in [0, 0.05) is 5.56 Å². The Hall–Kier alpha value is -4.24. The van der Waals surface area contributed by atoms with Crippen LogP contribution in [0.4, 0.5) is 0 Å². The molecular weight excluding hydrogens is 402 g/mol. The van der Waals surface area contributed by atoms with Crippen LogP contribution in [0.15, 0.2) is 77.9 Å². The van der Waals surface area contributed by atoms with Crippen LogP contribution in [0.25, 0.3) is 0 Å². The lowest BCUT2D eigenvalue weighted by atomic mass is 9.87. The van der Waals surface area contributed by atoms with Gasteiger partial charge < -0.3 is 4.74 Å². The highest BCUT2D eigenvalue weighted by Crippen LogP contribution is 2.22. The summed E-state index contributed by atoms with van der Waals surface area (Å²) in [5, 5.41) is 12.7. The van der Waals surface area contributed by atoms with Gasteiger partial charge in [-0.1, -0.05) is 32.9 Å². The number of ether oxygens (including phenoxy) is 1. The van der Waals surface area contributed by atoms with Crippen molar-refractivity contribution in [3.8, 4) is 11.8 Å². The van der Waals surface area contributed by atoms with E-state index in [-0.39, 0.29) is 11.3 Å². The molecule has 0 bridgehead atoms. The number of hydrazone groups is 1. The van der Waals surface area contributed by atoms with Crippen LogP contribution in [0.5, 0.6) is 5.75 Å². The zero-order valence-corrected chi connectivity index (χ0v) is 18.1. The van der Waals surface area contributed by atoms with Gasteiger partial charge in [-0.25, -0.2) is 10.2 Å². The smallest absolute Gasteiger partial charge is 0.343 e. The second-order valence-corrected chi connectivity index (χ2v) is 8.17. The fourth-order valence-corrected chi connectivity index (χ4v) is 2.82. The van der Waals surface area contributed by atoms with E-state index in [0.29, 0.717) is 22.4 Å². The van der Waals surface area contributed by atoms with Gasteiger partial charge in [0.2, 0.25) is 0 Å². The van der Waals surface area contributed by atoms with E-state index in [4.69, 9.17) is 10.00 Å². The lowest BCUT2D eigenvalue weighted by Gasteiger charge is -2.18. The lowest BCUT2D eigenvalue weighted by molar-refractivity contribution is 0.0734. The molecule has 3 aromatic carbocycles. The molecule has 3 aromatic rings. The third kappa shape index (κ3) is 5.89. The lowest BCUT2D eigenvalue weighted by Crippen LogP contribution is -2.17. The number of hydrogen-bond acceptors (Lipinski definition) is 5. The predicted octanol–water partition coefficient (Wildman–Crippen LogP) is 4.84. The minimum atomic E-state index is -0.429. The Balaban J connectivity index is 1.55. The van der Waals surface area contributed by atoms with Crippen molar-refractivity contribution in [1.82, 2.24) is 5.43 Å². The first kappa shape index (κ1) is 22.4. The molecule has 0 fully saturated rings. The average Bonchev–Trinajstić information content (AvgIpc) is 2.79. The van der Waals surface area contributed by atoms with Crippen LogP contribution in [0, 0.1) is 11.3 Å². The van der Waals surface area contributed by atoms with Gasteiger partial charge in [0.25, 0.3) is 5.91 Å². The summed E-state index contributed by atoms with van der Waals surface area (Å²) in [5.41, 5.74) is 5.67. The summed E-state index contributed by atoms with van der Waals surface area (Å²) in [6, 6.07) is 22.4. The number of carbonyl (C=O) groups is 2. The SMILES string of the molecule is CC(C)(C)c1ccc(C(=O)Oc2ccc(C=NNC(=O)c3ccc(C#N)cc3)cc2)cc1. The summed E-state index contributed by atoms with van der Waals surface area (Å²) in [6.07, 6.45) is 1.48. The predicted molar refractivity (Wildman–Crippen MR) is 123 cm³/mol. The van der Waals surface area contributed by atoms with Crippen LogP contribution >= 0.6 is 0 Å². The molecule has 0 spiro atoms. The number of carbonyl (C=O) groups excluding carboxylic acids is 2. The maximum Gasteiger partial charge on any atom is 0.343 e. The highest BCUT2D eigenvalue weighted by atomic mass is 16.5.